The normalized spacial score (nSPS) is 10.7. The molecule has 1 heterocycles. The average Bonchev–Trinajstić information content (AvgIpc) is 2.90. The van der Waals surface area contributed by atoms with Crippen LogP contribution in [0.5, 0.6) is 0 Å². The zero-order valence-electron chi connectivity index (χ0n) is 11.1. The van der Waals surface area contributed by atoms with Gasteiger partial charge in [0.2, 0.25) is 5.89 Å². The summed E-state index contributed by atoms with van der Waals surface area (Å²) in [5, 5.41) is 0.394. The van der Waals surface area contributed by atoms with Crippen molar-refractivity contribution in [1.82, 2.24) is 4.98 Å². The lowest BCUT2D eigenvalue weighted by Crippen LogP contribution is -1.81. The van der Waals surface area contributed by atoms with Gasteiger partial charge in [0.25, 0.3) is 0 Å². The highest BCUT2D eigenvalue weighted by Gasteiger charge is 2.14. The molecule has 0 bridgehead atoms. The smallest absolute Gasteiger partial charge is 0.228 e. The third kappa shape index (κ3) is 2.47. The van der Waals surface area contributed by atoms with Crippen LogP contribution < -0.4 is 0 Å². The number of aryl methyl sites for hydroxylation is 1. The second kappa shape index (κ2) is 5.51. The number of nitrogens with zero attached hydrogens (tertiary/aromatic N) is 1. The van der Waals surface area contributed by atoms with E-state index in [2.05, 4.69) is 24.0 Å². The number of oxazole rings is 1. The van der Waals surface area contributed by atoms with E-state index in [-0.39, 0.29) is 0 Å². The number of benzene rings is 2. The van der Waals surface area contributed by atoms with E-state index in [9.17, 15) is 0 Å². The Kier molecular flexibility index (Phi) is 3.57. The molecule has 0 radical (unpaired) electrons. The third-order valence-electron chi connectivity index (χ3n) is 3.23. The maximum Gasteiger partial charge on any atom is 0.228 e. The van der Waals surface area contributed by atoms with Crippen molar-refractivity contribution >= 4 is 11.6 Å². The van der Waals surface area contributed by atoms with Crippen LogP contribution in [0.25, 0.3) is 22.8 Å². The highest BCUT2D eigenvalue weighted by atomic mass is 35.5. The molecule has 0 fully saturated rings. The molecule has 0 aliphatic carbocycles. The van der Waals surface area contributed by atoms with Gasteiger partial charge in [-0.2, -0.15) is 4.98 Å². The minimum absolute atomic E-state index is 0.394. The molecule has 0 N–H and O–H groups in total. The van der Waals surface area contributed by atoms with Gasteiger partial charge >= 0.3 is 0 Å². The van der Waals surface area contributed by atoms with Gasteiger partial charge in [0.05, 0.1) is 0 Å². The lowest BCUT2D eigenvalue weighted by Gasteiger charge is -1.98. The second-order valence-electron chi connectivity index (χ2n) is 4.56. The number of hydrogen-bond acceptors (Lipinski definition) is 2. The summed E-state index contributed by atoms with van der Waals surface area (Å²) in [6, 6.07) is 17.9. The molecule has 0 aliphatic rings. The quantitative estimate of drug-likeness (QED) is 0.658. The molecule has 1 aromatic heterocycles. The van der Waals surface area contributed by atoms with Crippen LogP contribution in [-0.4, -0.2) is 4.98 Å². The summed E-state index contributed by atoms with van der Waals surface area (Å²) in [6.07, 6.45) is 1.02. The van der Waals surface area contributed by atoms with E-state index >= 15 is 0 Å². The summed E-state index contributed by atoms with van der Waals surface area (Å²) in [4.78, 5) is 4.31. The Hall–Kier alpha value is -2.06. The summed E-state index contributed by atoms with van der Waals surface area (Å²) in [7, 11) is 0. The van der Waals surface area contributed by atoms with Crippen molar-refractivity contribution in [3.8, 4) is 22.8 Å². The zero-order valence-corrected chi connectivity index (χ0v) is 11.9. The molecule has 3 aromatic rings. The molecular weight excluding hydrogens is 270 g/mol. The van der Waals surface area contributed by atoms with Crippen molar-refractivity contribution in [1.29, 1.82) is 0 Å². The molecule has 2 aromatic carbocycles. The van der Waals surface area contributed by atoms with Gasteiger partial charge in [0.1, 0.15) is 0 Å². The van der Waals surface area contributed by atoms with Gasteiger partial charge < -0.3 is 4.42 Å². The maximum atomic E-state index is 6.18. The van der Waals surface area contributed by atoms with Crippen LogP contribution in [-0.2, 0) is 6.42 Å². The minimum Gasteiger partial charge on any atom is -0.434 e. The number of halogens is 1. The Labute approximate surface area is 123 Å². The SMILES string of the molecule is CCc1ccc(-c2nc(Cl)c(-c3ccccc3)o2)cc1. The summed E-state index contributed by atoms with van der Waals surface area (Å²) < 4.78 is 5.82. The molecule has 3 heteroatoms. The monoisotopic (exact) mass is 283 g/mol. The van der Waals surface area contributed by atoms with E-state index < -0.39 is 0 Å². The van der Waals surface area contributed by atoms with Gasteiger partial charge in [-0.05, 0) is 24.1 Å². The van der Waals surface area contributed by atoms with Crippen molar-refractivity contribution in [3.63, 3.8) is 0 Å². The first-order valence-electron chi connectivity index (χ1n) is 6.59. The molecule has 20 heavy (non-hydrogen) atoms. The van der Waals surface area contributed by atoms with E-state index in [1.807, 2.05) is 42.5 Å². The third-order valence-corrected chi connectivity index (χ3v) is 3.49. The lowest BCUT2D eigenvalue weighted by molar-refractivity contribution is 0.589. The fraction of sp³-hybridized carbons (Fsp3) is 0.118. The predicted octanol–water partition coefficient (Wildman–Crippen LogP) is 5.22. The second-order valence-corrected chi connectivity index (χ2v) is 4.91. The molecule has 0 saturated heterocycles. The summed E-state index contributed by atoms with van der Waals surface area (Å²) in [5.74, 6) is 1.17. The lowest BCUT2D eigenvalue weighted by atomic mass is 10.1. The van der Waals surface area contributed by atoms with Gasteiger partial charge in [-0.25, -0.2) is 0 Å². The first-order chi connectivity index (χ1) is 9.78. The Bertz CT molecular complexity index is 702. The van der Waals surface area contributed by atoms with Crippen LogP contribution in [0, 0.1) is 0 Å². The summed E-state index contributed by atoms with van der Waals surface area (Å²) in [6.45, 7) is 2.13. The van der Waals surface area contributed by atoms with Crippen molar-refractivity contribution in [2.24, 2.45) is 0 Å². The Morgan fingerprint density at radius 1 is 0.950 bits per heavy atom. The van der Waals surface area contributed by atoms with Gasteiger partial charge in [-0.3, -0.25) is 0 Å². The van der Waals surface area contributed by atoms with E-state index in [1.165, 1.54) is 5.56 Å². The summed E-state index contributed by atoms with van der Waals surface area (Å²) >= 11 is 6.18. The van der Waals surface area contributed by atoms with Crippen LogP contribution in [0.3, 0.4) is 0 Å². The number of hydrogen-bond donors (Lipinski definition) is 0. The maximum absolute atomic E-state index is 6.18. The number of rotatable bonds is 3. The Morgan fingerprint density at radius 3 is 2.30 bits per heavy atom. The highest BCUT2D eigenvalue weighted by molar-refractivity contribution is 6.31. The molecule has 0 aliphatic heterocycles. The predicted molar refractivity (Wildman–Crippen MR) is 81.8 cm³/mol. The molecule has 100 valence electrons. The summed E-state index contributed by atoms with van der Waals surface area (Å²) in [5.41, 5.74) is 3.15. The average molecular weight is 284 g/mol. The van der Waals surface area contributed by atoms with Crippen LogP contribution >= 0.6 is 11.6 Å². The van der Waals surface area contributed by atoms with E-state index in [4.69, 9.17) is 16.0 Å². The molecule has 0 spiro atoms. The standard InChI is InChI=1S/C17H14ClNO/c1-2-12-8-10-14(11-9-12)17-19-16(18)15(20-17)13-6-4-3-5-7-13/h3-11H,2H2,1H3. The fourth-order valence-corrected chi connectivity index (χ4v) is 2.30. The first kappa shape index (κ1) is 12.9. The van der Waals surface area contributed by atoms with E-state index in [1.54, 1.807) is 0 Å². The Morgan fingerprint density at radius 2 is 1.65 bits per heavy atom. The van der Waals surface area contributed by atoms with Crippen LogP contribution in [0.15, 0.2) is 59.0 Å². The molecule has 0 saturated carbocycles. The molecule has 0 unspecified atom stereocenters. The largest absolute Gasteiger partial charge is 0.434 e. The van der Waals surface area contributed by atoms with E-state index in [0.29, 0.717) is 16.8 Å². The molecule has 0 atom stereocenters. The van der Waals surface area contributed by atoms with Crippen LogP contribution in [0.4, 0.5) is 0 Å². The molecule has 2 nitrogen and oxygen atoms in total. The number of aromatic nitrogens is 1. The highest BCUT2D eigenvalue weighted by Crippen LogP contribution is 2.32. The van der Waals surface area contributed by atoms with Gasteiger partial charge in [0.15, 0.2) is 10.9 Å². The first-order valence-corrected chi connectivity index (χ1v) is 6.97. The molecule has 0 amide bonds. The topological polar surface area (TPSA) is 26.0 Å². The van der Waals surface area contributed by atoms with E-state index in [0.717, 1.165) is 17.5 Å². The molecule has 3 rings (SSSR count). The fourth-order valence-electron chi connectivity index (χ4n) is 2.08. The van der Waals surface area contributed by atoms with Gasteiger partial charge in [0, 0.05) is 11.1 Å². The minimum atomic E-state index is 0.394. The van der Waals surface area contributed by atoms with Crippen molar-refractivity contribution in [2.45, 2.75) is 13.3 Å². The molecular formula is C17H14ClNO. The van der Waals surface area contributed by atoms with Gasteiger partial charge in [-0.15, -0.1) is 0 Å². The van der Waals surface area contributed by atoms with Crippen LogP contribution in [0.2, 0.25) is 5.15 Å². The van der Waals surface area contributed by atoms with Crippen molar-refractivity contribution in [3.05, 3.63) is 65.3 Å². The van der Waals surface area contributed by atoms with Crippen molar-refractivity contribution < 1.29 is 4.42 Å². The Balaban J connectivity index is 2.00. The van der Waals surface area contributed by atoms with Crippen LogP contribution in [0.1, 0.15) is 12.5 Å². The van der Waals surface area contributed by atoms with Crippen molar-refractivity contribution in [2.75, 3.05) is 0 Å². The van der Waals surface area contributed by atoms with Gasteiger partial charge in [-0.1, -0.05) is 61.0 Å². The zero-order chi connectivity index (χ0) is 13.9.